The first-order valence-corrected chi connectivity index (χ1v) is 9.48. The number of benzene rings is 1. The molecule has 1 heterocycles. The highest BCUT2D eigenvalue weighted by Gasteiger charge is 2.24. The van der Waals surface area contributed by atoms with Crippen molar-refractivity contribution in [3.63, 3.8) is 0 Å². The van der Waals surface area contributed by atoms with E-state index in [4.69, 9.17) is 4.74 Å². The Morgan fingerprint density at radius 2 is 2.23 bits per heavy atom. The monoisotopic (exact) mass is 361 g/mol. The summed E-state index contributed by atoms with van der Waals surface area (Å²) in [5, 5.41) is 5.77. The van der Waals surface area contributed by atoms with E-state index in [1.807, 2.05) is 31.2 Å². The first-order chi connectivity index (χ1) is 12.5. The zero-order valence-electron chi connectivity index (χ0n) is 16.1. The van der Waals surface area contributed by atoms with Crippen LogP contribution in [0.5, 0.6) is 5.75 Å². The minimum Gasteiger partial charge on any atom is -0.494 e. The summed E-state index contributed by atoms with van der Waals surface area (Å²) in [6, 6.07) is 7.90. The molecule has 1 aliphatic heterocycles. The number of hydrogen-bond acceptors (Lipinski definition) is 3. The first-order valence-electron chi connectivity index (χ1n) is 9.48. The molecule has 2 rings (SSSR count). The van der Waals surface area contributed by atoms with Crippen LogP contribution >= 0.6 is 0 Å². The second-order valence-electron chi connectivity index (χ2n) is 7.26. The Balaban J connectivity index is 1.78. The van der Waals surface area contributed by atoms with Crippen LogP contribution in [0.1, 0.15) is 39.2 Å². The Hall–Kier alpha value is -2.24. The molecule has 0 radical (unpaired) electrons. The molecule has 6 nitrogen and oxygen atoms in total. The lowest BCUT2D eigenvalue weighted by Gasteiger charge is -2.26. The fraction of sp³-hybridized carbons (Fsp3) is 0.600. The average molecular weight is 361 g/mol. The Morgan fingerprint density at radius 3 is 3.00 bits per heavy atom. The predicted molar refractivity (Wildman–Crippen MR) is 102 cm³/mol. The Morgan fingerprint density at radius 1 is 1.42 bits per heavy atom. The maximum Gasteiger partial charge on any atom is 0.317 e. The smallest absolute Gasteiger partial charge is 0.317 e. The van der Waals surface area contributed by atoms with Gasteiger partial charge in [0.15, 0.2) is 0 Å². The van der Waals surface area contributed by atoms with E-state index >= 15 is 0 Å². The zero-order chi connectivity index (χ0) is 18.9. The SMILES string of the molecule is CC(C)CCOc1cccc(CCNC(=O)N2CCC(=O)NC[C@@H]2C)c1. The molecule has 144 valence electrons. The number of amides is 3. The second-order valence-corrected chi connectivity index (χ2v) is 7.26. The van der Waals surface area contributed by atoms with E-state index in [2.05, 4.69) is 24.5 Å². The molecule has 26 heavy (non-hydrogen) atoms. The van der Waals surface area contributed by atoms with E-state index < -0.39 is 0 Å². The maximum absolute atomic E-state index is 12.4. The summed E-state index contributed by atoms with van der Waals surface area (Å²) in [5.74, 6) is 1.50. The van der Waals surface area contributed by atoms with Crippen molar-refractivity contribution in [1.29, 1.82) is 0 Å². The van der Waals surface area contributed by atoms with Gasteiger partial charge in [-0.1, -0.05) is 26.0 Å². The molecule has 1 atom stereocenters. The van der Waals surface area contributed by atoms with Gasteiger partial charge >= 0.3 is 6.03 Å². The molecule has 2 N–H and O–H groups in total. The van der Waals surface area contributed by atoms with Crippen LogP contribution in [0.15, 0.2) is 24.3 Å². The molecule has 1 fully saturated rings. The molecule has 1 aliphatic rings. The quantitative estimate of drug-likeness (QED) is 0.784. The van der Waals surface area contributed by atoms with Gasteiger partial charge in [-0.25, -0.2) is 4.79 Å². The number of carbonyl (C=O) groups excluding carboxylic acids is 2. The van der Waals surface area contributed by atoms with Gasteiger partial charge in [0.2, 0.25) is 5.91 Å². The van der Waals surface area contributed by atoms with Gasteiger partial charge in [0.25, 0.3) is 0 Å². The molecule has 0 saturated carbocycles. The minimum absolute atomic E-state index is 0.000801. The highest BCUT2D eigenvalue weighted by atomic mass is 16.5. The fourth-order valence-electron chi connectivity index (χ4n) is 2.82. The molecule has 1 aromatic rings. The zero-order valence-corrected chi connectivity index (χ0v) is 16.1. The third kappa shape index (κ3) is 6.58. The van der Waals surface area contributed by atoms with Crippen molar-refractivity contribution >= 4 is 11.9 Å². The molecular weight excluding hydrogens is 330 g/mol. The summed E-state index contributed by atoms with van der Waals surface area (Å²) >= 11 is 0. The van der Waals surface area contributed by atoms with Gasteiger partial charge in [0.1, 0.15) is 5.75 Å². The summed E-state index contributed by atoms with van der Waals surface area (Å²) in [6.07, 6.45) is 2.13. The molecule has 0 bridgehead atoms. The van der Waals surface area contributed by atoms with Crippen LogP contribution in [-0.2, 0) is 11.2 Å². The molecule has 0 spiro atoms. The Bertz CT molecular complexity index is 604. The summed E-state index contributed by atoms with van der Waals surface area (Å²) in [5.41, 5.74) is 1.13. The van der Waals surface area contributed by atoms with E-state index in [0.29, 0.717) is 32.0 Å². The van der Waals surface area contributed by atoms with Crippen LogP contribution in [0.2, 0.25) is 0 Å². The molecule has 1 aromatic carbocycles. The molecule has 0 aliphatic carbocycles. The number of hydrogen-bond donors (Lipinski definition) is 2. The van der Waals surface area contributed by atoms with Gasteiger partial charge in [0.05, 0.1) is 6.61 Å². The van der Waals surface area contributed by atoms with E-state index in [-0.39, 0.29) is 18.0 Å². The average Bonchev–Trinajstić information content (AvgIpc) is 2.76. The van der Waals surface area contributed by atoms with E-state index in [9.17, 15) is 9.59 Å². The van der Waals surface area contributed by atoms with Crippen LogP contribution in [0, 0.1) is 5.92 Å². The fourth-order valence-corrected chi connectivity index (χ4v) is 2.82. The predicted octanol–water partition coefficient (Wildman–Crippen LogP) is 2.57. The lowest BCUT2D eigenvalue weighted by Crippen LogP contribution is -2.47. The van der Waals surface area contributed by atoms with Crippen molar-refractivity contribution < 1.29 is 14.3 Å². The van der Waals surface area contributed by atoms with Gasteiger partial charge in [-0.15, -0.1) is 0 Å². The topological polar surface area (TPSA) is 70.7 Å². The van der Waals surface area contributed by atoms with E-state index in [1.165, 1.54) is 0 Å². The van der Waals surface area contributed by atoms with Crippen LogP contribution in [-0.4, -0.2) is 49.1 Å². The van der Waals surface area contributed by atoms with Crippen LogP contribution in [0.4, 0.5) is 4.79 Å². The summed E-state index contributed by atoms with van der Waals surface area (Å²) in [7, 11) is 0. The highest BCUT2D eigenvalue weighted by Crippen LogP contribution is 2.15. The van der Waals surface area contributed by atoms with Crippen molar-refractivity contribution in [2.24, 2.45) is 5.92 Å². The number of ether oxygens (including phenoxy) is 1. The van der Waals surface area contributed by atoms with Gasteiger partial charge in [-0.3, -0.25) is 4.79 Å². The van der Waals surface area contributed by atoms with Gasteiger partial charge in [-0.05, 0) is 43.4 Å². The number of carbonyl (C=O) groups is 2. The van der Waals surface area contributed by atoms with Crippen molar-refractivity contribution in [2.45, 2.75) is 46.1 Å². The molecule has 3 amide bonds. The summed E-state index contributed by atoms with van der Waals surface area (Å²) in [4.78, 5) is 25.6. The van der Waals surface area contributed by atoms with Crippen molar-refractivity contribution in [3.05, 3.63) is 29.8 Å². The Kier molecular flexibility index (Phi) is 7.75. The minimum atomic E-state index is -0.113. The van der Waals surface area contributed by atoms with Gasteiger partial charge in [-0.2, -0.15) is 0 Å². The lowest BCUT2D eigenvalue weighted by atomic mass is 10.1. The maximum atomic E-state index is 12.4. The van der Waals surface area contributed by atoms with Crippen molar-refractivity contribution in [3.8, 4) is 5.75 Å². The lowest BCUT2D eigenvalue weighted by molar-refractivity contribution is -0.120. The van der Waals surface area contributed by atoms with E-state index in [1.54, 1.807) is 4.90 Å². The van der Waals surface area contributed by atoms with Gasteiger partial charge in [0, 0.05) is 32.1 Å². The highest BCUT2D eigenvalue weighted by molar-refractivity contribution is 5.79. The number of rotatable bonds is 7. The molecule has 0 unspecified atom stereocenters. The van der Waals surface area contributed by atoms with Gasteiger partial charge < -0.3 is 20.3 Å². The molecular formula is C20H31N3O3. The summed E-state index contributed by atoms with van der Waals surface area (Å²) < 4.78 is 5.78. The standard InChI is InChI=1S/C20H31N3O3/c1-15(2)9-12-26-18-6-4-5-17(13-18)7-10-21-20(25)23-11-8-19(24)22-14-16(23)3/h4-6,13,15-16H,7-12,14H2,1-3H3,(H,21,25)(H,22,24)/t16-/m0/s1. The van der Waals surface area contributed by atoms with Crippen molar-refractivity contribution in [2.75, 3.05) is 26.2 Å². The van der Waals surface area contributed by atoms with Crippen LogP contribution < -0.4 is 15.4 Å². The number of urea groups is 1. The van der Waals surface area contributed by atoms with Crippen LogP contribution in [0.25, 0.3) is 0 Å². The normalized spacial score (nSPS) is 17.6. The summed E-state index contributed by atoms with van der Waals surface area (Å²) in [6.45, 7) is 8.54. The molecule has 1 saturated heterocycles. The second kappa shape index (κ2) is 10.0. The Labute approximate surface area is 156 Å². The molecule has 0 aromatic heterocycles. The van der Waals surface area contributed by atoms with Crippen molar-refractivity contribution in [1.82, 2.24) is 15.5 Å². The van der Waals surface area contributed by atoms with E-state index in [0.717, 1.165) is 30.8 Å². The third-order valence-corrected chi connectivity index (χ3v) is 4.52. The molecule has 6 heteroatoms. The number of nitrogens with zero attached hydrogens (tertiary/aromatic N) is 1. The largest absolute Gasteiger partial charge is 0.494 e. The third-order valence-electron chi connectivity index (χ3n) is 4.52. The number of nitrogens with one attached hydrogen (secondary N) is 2. The van der Waals surface area contributed by atoms with Crippen LogP contribution in [0.3, 0.4) is 0 Å². The first kappa shape index (κ1) is 20.1.